The third-order valence-corrected chi connectivity index (χ3v) is 1.79. The van der Waals surface area contributed by atoms with Gasteiger partial charge in [0.15, 0.2) is 0 Å². The van der Waals surface area contributed by atoms with Gasteiger partial charge in [0.25, 0.3) is 0 Å². The number of tetrazole rings is 1. The van der Waals surface area contributed by atoms with Crippen LogP contribution < -0.4 is 0 Å². The van der Waals surface area contributed by atoms with E-state index in [1.54, 1.807) is 0 Å². The van der Waals surface area contributed by atoms with Gasteiger partial charge in [0.1, 0.15) is 6.54 Å². The minimum Gasteiger partial charge on any atom is -0.325 e. The van der Waals surface area contributed by atoms with E-state index in [0.717, 1.165) is 16.9 Å². The molecule has 0 aromatic carbocycles. The summed E-state index contributed by atoms with van der Waals surface area (Å²) in [7, 11) is 6.38. The summed E-state index contributed by atoms with van der Waals surface area (Å²) < 4.78 is 2.72. The third kappa shape index (κ3) is 2.77. The number of hydrogen-bond acceptors (Lipinski definition) is 3. The van der Waals surface area contributed by atoms with Crippen LogP contribution in [0.25, 0.3) is 0 Å². The van der Waals surface area contributed by atoms with Crippen molar-refractivity contribution >= 4 is 0 Å². The van der Waals surface area contributed by atoms with Gasteiger partial charge in [-0.3, -0.25) is 0 Å². The van der Waals surface area contributed by atoms with Crippen LogP contribution in [0.2, 0.25) is 0 Å². The van der Waals surface area contributed by atoms with Crippen LogP contribution in [0.3, 0.4) is 0 Å². The highest BCUT2D eigenvalue weighted by atomic mass is 15.6. The molecule has 0 amide bonds. The molecule has 1 heterocycles. The van der Waals surface area contributed by atoms with Gasteiger partial charge in [-0.2, -0.15) is 0 Å². The smallest absolute Gasteiger partial charge is 0.206 e. The molecule has 14 heavy (non-hydrogen) atoms. The van der Waals surface area contributed by atoms with Crippen molar-refractivity contribution in [3.8, 4) is 0 Å². The van der Waals surface area contributed by atoms with Crippen LogP contribution in [0.4, 0.5) is 0 Å². The lowest BCUT2D eigenvalue weighted by Crippen LogP contribution is -2.36. The van der Waals surface area contributed by atoms with E-state index >= 15 is 0 Å². The highest BCUT2D eigenvalue weighted by molar-refractivity contribution is 4.84. The predicted octanol–water partition coefficient (Wildman–Crippen LogP) is 0.634. The Labute approximate surface area is 85.3 Å². The first kappa shape index (κ1) is 11.1. The predicted molar refractivity (Wildman–Crippen MR) is 54.5 cm³/mol. The van der Waals surface area contributed by atoms with Gasteiger partial charge in [-0.1, -0.05) is 0 Å². The van der Waals surface area contributed by atoms with Crippen molar-refractivity contribution in [3.63, 3.8) is 0 Å². The molecule has 0 saturated carbocycles. The van der Waals surface area contributed by atoms with Gasteiger partial charge in [-0.15, -0.1) is 5.10 Å². The Hall–Kier alpha value is -0.970. The van der Waals surface area contributed by atoms with Crippen molar-refractivity contribution in [3.05, 3.63) is 5.82 Å². The Balaban J connectivity index is 2.95. The molecule has 0 fully saturated rings. The molecular weight excluding hydrogens is 178 g/mol. The first-order chi connectivity index (χ1) is 6.20. The first-order valence-electron chi connectivity index (χ1n) is 4.78. The van der Waals surface area contributed by atoms with E-state index in [4.69, 9.17) is 0 Å². The lowest BCUT2D eigenvalue weighted by Gasteiger charge is -2.25. The normalized spacial score (nSPS) is 13.3. The zero-order valence-corrected chi connectivity index (χ0v) is 9.94. The molecule has 5 heteroatoms. The van der Waals surface area contributed by atoms with Crippen molar-refractivity contribution in [2.75, 3.05) is 21.1 Å². The number of quaternary nitrogens is 1. The molecule has 0 bridgehead atoms. The zero-order chi connectivity index (χ0) is 11.0. The van der Waals surface area contributed by atoms with Crippen molar-refractivity contribution in [1.29, 1.82) is 0 Å². The topological polar surface area (TPSA) is 43.6 Å². The monoisotopic (exact) mass is 198 g/mol. The van der Waals surface area contributed by atoms with Gasteiger partial charge < -0.3 is 4.48 Å². The van der Waals surface area contributed by atoms with E-state index in [9.17, 15) is 0 Å². The summed E-state index contributed by atoms with van der Waals surface area (Å²) in [5.74, 6) is 0.935. The largest absolute Gasteiger partial charge is 0.325 e. The van der Waals surface area contributed by atoms with Crippen molar-refractivity contribution < 1.29 is 4.48 Å². The van der Waals surface area contributed by atoms with Crippen LogP contribution in [0.5, 0.6) is 0 Å². The van der Waals surface area contributed by atoms with E-state index < -0.39 is 0 Å². The molecule has 0 saturated heterocycles. The van der Waals surface area contributed by atoms with E-state index in [0.29, 0.717) is 0 Å². The molecule has 0 atom stereocenters. The minimum atomic E-state index is -0.0476. The summed E-state index contributed by atoms with van der Waals surface area (Å²) in [5.41, 5.74) is -0.0476. The van der Waals surface area contributed by atoms with Crippen LogP contribution in [0, 0.1) is 0 Å². The molecule has 80 valence electrons. The molecule has 0 unspecified atom stereocenters. The molecule has 1 aromatic heterocycles. The minimum absolute atomic E-state index is 0.0476. The molecule has 1 rings (SSSR count). The maximum atomic E-state index is 4.05. The van der Waals surface area contributed by atoms with Gasteiger partial charge in [0.2, 0.25) is 5.82 Å². The second-order valence-corrected chi connectivity index (χ2v) is 5.63. The summed E-state index contributed by atoms with van der Waals surface area (Å²) in [6.07, 6.45) is 0. The van der Waals surface area contributed by atoms with Crippen LogP contribution in [-0.2, 0) is 12.1 Å². The fourth-order valence-electron chi connectivity index (χ4n) is 1.25. The SMILES string of the molecule is CC(C)(C)n1nnnc1C[N+](C)(C)C. The molecule has 0 N–H and O–H groups in total. The average Bonchev–Trinajstić information content (AvgIpc) is 2.29. The van der Waals surface area contributed by atoms with Crippen molar-refractivity contribution in [1.82, 2.24) is 20.2 Å². The molecule has 0 aliphatic heterocycles. The zero-order valence-electron chi connectivity index (χ0n) is 9.94. The fourth-order valence-corrected chi connectivity index (χ4v) is 1.25. The van der Waals surface area contributed by atoms with Gasteiger partial charge in [0.05, 0.1) is 26.7 Å². The summed E-state index contributed by atoms with van der Waals surface area (Å²) in [6.45, 7) is 7.14. The van der Waals surface area contributed by atoms with E-state index in [-0.39, 0.29) is 5.54 Å². The molecule has 5 nitrogen and oxygen atoms in total. The first-order valence-corrected chi connectivity index (χ1v) is 4.78. The summed E-state index contributed by atoms with van der Waals surface area (Å²) >= 11 is 0. The fraction of sp³-hybridized carbons (Fsp3) is 0.889. The molecular formula is C9H20N5+. The van der Waals surface area contributed by atoms with Crippen molar-refractivity contribution in [2.24, 2.45) is 0 Å². The maximum Gasteiger partial charge on any atom is 0.206 e. The quantitative estimate of drug-likeness (QED) is 0.655. The van der Waals surface area contributed by atoms with Crippen LogP contribution in [0.15, 0.2) is 0 Å². The van der Waals surface area contributed by atoms with Crippen molar-refractivity contribution in [2.45, 2.75) is 32.9 Å². The Kier molecular flexibility index (Phi) is 2.63. The van der Waals surface area contributed by atoms with E-state index in [2.05, 4.69) is 57.4 Å². The number of nitrogens with zero attached hydrogens (tertiary/aromatic N) is 5. The Bertz CT molecular complexity index is 302. The lowest BCUT2D eigenvalue weighted by molar-refractivity contribution is -0.884. The molecule has 0 radical (unpaired) electrons. The van der Waals surface area contributed by atoms with Crippen LogP contribution >= 0.6 is 0 Å². The maximum absolute atomic E-state index is 4.05. The van der Waals surface area contributed by atoms with Crippen LogP contribution in [-0.4, -0.2) is 45.8 Å². The van der Waals surface area contributed by atoms with Gasteiger partial charge in [0, 0.05) is 0 Å². The average molecular weight is 198 g/mol. The summed E-state index contributed by atoms with van der Waals surface area (Å²) in [6, 6.07) is 0. The van der Waals surface area contributed by atoms with E-state index in [1.807, 2.05) is 4.68 Å². The Morgan fingerprint density at radius 2 is 1.79 bits per heavy atom. The summed E-state index contributed by atoms with van der Waals surface area (Å²) in [5, 5.41) is 11.8. The highest BCUT2D eigenvalue weighted by Crippen LogP contribution is 2.14. The Morgan fingerprint density at radius 1 is 1.21 bits per heavy atom. The molecule has 0 aliphatic rings. The Morgan fingerprint density at radius 3 is 2.21 bits per heavy atom. The number of aromatic nitrogens is 4. The standard InChI is InChI=1S/C9H20N5/c1-9(2,3)13-8(10-11-12-13)7-14(4,5)6/h7H2,1-6H3/q+1. The van der Waals surface area contributed by atoms with Gasteiger partial charge in [-0.05, 0) is 31.2 Å². The number of hydrogen-bond donors (Lipinski definition) is 0. The molecule has 0 spiro atoms. The van der Waals surface area contributed by atoms with Gasteiger partial charge in [-0.25, -0.2) is 4.68 Å². The lowest BCUT2D eigenvalue weighted by atomic mass is 10.1. The van der Waals surface area contributed by atoms with E-state index in [1.165, 1.54) is 0 Å². The van der Waals surface area contributed by atoms with Gasteiger partial charge >= 0.3 is 0 Å². The summed E-state index contributed by atoms with van der Waals surface area (Å²) in [4.78, 5) is 0. The second-order valence-electron chi connectivity index (χ2n) is 5.63. The van der Waals surface area contributed by atoms with Crippen LogP contribution in [0.1, 0.15) is 26.6 Å². The third-order valence-electron chi connectivity index (χ3n) is 1.79. The number of rotatable bonds is 2. The second kappa shape index (κ2) is 3.31. The molecule has 0 aliphatic carbocycles. The molecule has 1 aromatic rings. The highest BCUT2D eigenvalue weighted by Gasteiger charge is 2.23.